The van der Waals surface area contributed by atoms with Crippen LogP contribution in [0.5, 0.6) is 0 Å². The van der Waals surface area contributed by atoms with Gasteiger partial charge in [0.15, 0.2) is 0 Å². The SMILES string of the molecule is Cc1ccc(Nc2ccc(C(=O)NCc3ccncc3)nc2)c(Br)c1. The first-order valence-electron chi connectivity index (χ1n) is 7.78. The molecule has 0 fully saturated rings. The molecule has 0 atom stereocenters. The minimum absolute atomic E-state index is 0.208. The van der Waals surface area contributed by atoms with Gasteiger partial charge >= 0.3 is 0 Å². The minimum Gasteiger partial charge on any atom is -0.353 e. The fraction of sp³-hybridized carbons (Fsp3) is 0.105. The van der Waals surface area contributed by atoms with Crippen LogP contribution in [-0.2, 0) is 6.54 Å². The van der Waals surface area contributed by atoms with Gasteiger partial charge in [-0.2, -0.15) is 0 Å². The number of aromatic nitrogens is 2. The molecule has 6 heteroatoms. The van der Waals surface area contributed by atoms with E-state index in [1.54, 1.807) is 24.7 Å². The van der Waals surface area contributed by atoms with Crippen molar-refractivity contribution >= 4 is 33.2 Å². The first-order valence-corrected chi connectivity index (χ1v) is 8.57. The summed E-state index contributed by atoms with van der Waals surface area (Å²) in [5.41, 5.74) is 4.31. The molecule has 2 N–H and O–H groups in total. The molecule has 0 bridgehead atoms. The Morgan fingerprint density at radius 2 is 1.92 bits per heavy atom. The zero-order valence-electron chi connectivity index (χ0n) is 13.7. The number of nitrogens with one attached hydrogen (secondary N) is 2. The van der Waals surface area contributed by atoms with Crippen LogP contribution in [0.4, 0.5) is 11.4 Å². The van der Waals surface area contributed by atoms with Crippen LogP contribution in [0.1, 0.15) is 21.6 Å². The normalized spacial score (nSPS) is 10.3. The second kappa shape index (κ2) is 7.90. The number of benzene rings is 1. The maximum Gasteiger partial charge on any atom is 0.270 e. The standard InChI is InChI=1S/C19H17BrN4O/c1-13-2-4-17(16(20)10-13)24-15-3-5-18(22-12-15)19(25)23-11-14-6-8-21-9-7-14/h2-10,12,24H,11H2,1H3,(H,23,25). The summed E-state index contributed by atoms with van der Waals surface area (Å²) in [5, 5.41) is 6.12. The van der Waals surface area contributed by atoms with Crippen LogP contribution < -0.4 is 10.6 Å². The smallest absolute Gasteiger partial charge is 0.270 e. The van der Waals surface area contributed by atoms with E-state index in [0.29, 0.717) is 12.2 Å². The molecule has 2 aromatic heterocycles. The van der Waals surface area contributed by atoms with Crippen molar-refractivity contribution in [1.82, 2.24) is 15.3 Å². The Morgan fingerprint density at radius 1 is 1.12 bits per heavy atom. The van der Waals surface area contributed by atoms with Crippen molar-refractivity contribution in [2.24, 2.45) is 0 Å². The molecule has 0 saturated heterocycles. The lowest BCUT2D eigenvalue weighted by Gasteiger charge is -2.10. The first-order chi connectivity index (χ1) is 12.1. The summed E-state index contributed by atoms with van der Waals surface area (Å²) >= 11 is 3.53. The van der Waals surface area contributed by atoms with Crippen LogP contribution >= 0.6 is 15.9 Å². The van der Waals surface area contributed by atoms with Gasteiger partial charge in [0.05, 0.1) is 17.6 Å². The van der Waals surface area contributed by atoms with Crippen LogP contribution in [0, 0.1) is 6.92 Å². The number of hydrogen-bond donors (Lipinski definition) is 2. The van der Waals surface area contributed by atoms with Gasteiger partial charge in [-0.15, -0.1) is 0 Å². The number of hydrogen-bond acceptors (Lipinski definition) is 4. The predicted molar refractivity (Wildman–Crippen MR) is 102 cm³/mol. The third kappa shape index (κ3) is 4.64. The van der Waals surface area contributed by atoms with E-state index in [-0.39, 0.29) is 5.91 Å². The van der Waals surface area contributed by atoms with E-state index in [0.717, 1.165) is 21.4 Å². The van der Waals surface area contributed by atoms with E-state index in [1.807, 2.05) is 43.3 Å². The van der Waals surface area contributed by atoms with Crippen molar-refractivity contribution in [3.05, 3.63) is 82.3 Å². The molecule has 0 aliphatic heterocycles. The number of nitrogens with zero attached hydrogens (tertiary/aromatic N) is 2. The number of aryl methyl sites for hydroxylation is 1. The van der Waals surface area contributed by atoms with E-state index in [1.165, 1.54) is 5.56 Å². The van der Waals surface area contributed by atoms with Crippen molar-refractivity contribution < 1.29 is 4.79 Å². The molecule has 0 radical (unpaired) electrons. The molecule has 0 spiro atoms. The Morgan fingerprint density at radius 3 is 2.60 bits per heavy atom. The number of pyridine rings is 2. The van der Waals surface area contributed by atoms with Gasteiger partial charge in [-0.05, 0) is 70.4 Å². The molecule has 3 rings (SSSR count). The molecule has 0 aliphatic rings. The number of anilines is 2. The van der Waals surface area contributed by atoms with Gasteiger partial charge in [0, 0.05) is 23.4 Å². The van der Waals surface area contributed by atoms with E-state index in [2.05, 4.69) is 36.5 Å². The molecular formula is C19H17BrN4O. The van der Waals surface area contributed by atoms with E-state index >= 15 is 0 Å². The molecule has 0 unspecified atom stereocenters. The number of carbonyl (C=O) groups excluding carboxylic acids is 1. The molecule has 5 nitrogen and oxygen atoms in total. The topological polar surface area (TPSA) is 66.9 Å². The highest BCUT2D eigenvalue weighted by atomic mass is 79.9. The van der Waals surface area contributed by atoms with Gasteiger partial charge < -0.3 is 10.6 Å². The van der Waals surface area contributed by atoms with Crippen molar-refractivity contribution in [2.45, 2.75) is 13.5 Å². The Balaban J connectivity index is 1.62. The maximum absolute atomic E-state index is 12.2. The van der Waals surface area contributed by atoms with Crippen molar-refractivity contribution in [1.29, 1.82) is 0 Å². The van der Waals surface area contributed by atoms with Gasteiger partial charge in [0.2, 0.25) is 0 Å². The first kappa shape index (κ1) is 17.1. The zero-order chi connectivity index (χ0) is 17.6. The van der Waals surface area contributed by atoms with Gasteiger partial charge in [-0.25, -0.2) is 4.98 Å². The molecule has 126 valence electrons. The van der Waals surface area contributed by atoms with Crippen molar-refractivity contribution in [3.63, 3.8) is 0 Å². The minimum atomic E-state index is -0.208. The molecule has 0 aliphatic carbocycles. The fourth-order valence-electron chi connectivity index (χ4n) is 2.25. The Labute approximate surface area is 154 Å². The monoisotopic (exact) mass is 396 g/mol. The van der Waals surface area contributed by atoms with Crippen molar-refractivity contribution in [2.75, 3.05) is 5.32 Å². The van der Waals surface area contributed by atoms with Crippen molar-refractivity contribution in [3.8, 4) is 0 Å². The molecular weight excluding hydrogens is 380 g/mol. The molecule has 1 amide bonds. The van der Waals surface area contributed by atoms with Gasteiger partial charge in [-0.3, -0.25) is 9.78 Å². The van der Waals surface area contributed by atoms with Crippen LogP contribution in [0.3, 0.4) is 0 Å². The summed E-state index contributed by atoms with van der Waals surface area (Å²) in [6, 6.07) is 13.3. The zero-order valence-corrected chi connectivity index (χ0v) is 15.2. The lowest BCUT2D eigenvalue weighted by molar-refractivity contribution is 0.0946. The number of amides is 1. The summed E-state index contributed by atoms with van der Waals surface area (Å²) < 4.78 is 0.978. The lowest BCUT2D eigenvalue weighted by atomic mass is 10.2. The number of carbonyl (C=O) groups is 1. The summed E-state index contributed by atoms with van der Waals surface area (Å²) in [7, 11) is 0. The second-order valence-corrected chi connectivity index (χ2v) is 6.43. The summed E-state index contributed by atoms with van der Waals surface area (Å²) in [5.74, 6) is -0.208. The third-order valence-corrected chi connectivity index (χ3v) is 4.26. The molecule has 1 aromatic carbocycles. The van der Waals surface area contributed by atoms with Gasteiger partial charge in [0.25, 0.3) is 5.91 Å². The quantitative estimate of drug-likeness (QED) is 0.677. The average molecular weight is 397 g/mol. The van der Waals surface area contributed by atoms with E-state index < -0.39 is 0 Å². The van der Waals surface area contributed by atoms with Crippen LogP contribution in [-0.4, -0.2) is 15.9 Å². The second-order valence-electron chi connectivity index (χ2n) is 5.58. The van der Waals surface area contributed by atoms with Gasteiger partial charge in [0.1, 0.15) is 5.69 Å². The highest BCUT2D eigenvalue weighted by molar-refractivity contribution is 9.10. The van der Waals surface area contributed by atoms with E-state index in [4.69, 9.17) is 0 Å². The Kier molecular flexibility index (Phi) is 5.40. The average Bonchev–Trinajstić information content (AvgIpc) is 2.63. The third-order valence-electron chi connectivity index (χ3n) is 3.60. The number of halogens is 1. The van der Waals surface area contributed by atoms with Crippen LogP contribution in [0.25, 0.3) is 0 Å². The van der Waals surface area contributed by atoms with Gasteiger partial charge in [-0.1, -0.05) is 6.07 Å². The summed E-state index contributed by atoms with van der Waals surface area (Å²) in [6.07, 6.45) is 5.04. The van der Waals surface area contributed by atoms with E-state index in [9.17, 15) is 4.79 Å². The maximum atomic E-state index is 12.2. The predicted octanol–water partition coefficient (Wildman–Crippen LogP) is 4.22. The Hall–Kier alpha value is -2.73. The summed E-state index contributed by atoms with van der Waals surface area (Å²) in [4.78, 5) is 20.3. The van der Waals surface area contributed by atoms with Crippen LogP contribution in [0.2, 0.25) is 0 Å². The highest BCUT2D eigenvalue weighted by Gasteiger charge is 2.07. The number of rotatable bonds is 5. The molecule has 0 saturated carbocycles. The molecule has 3 aromatic rings. The fourth-order valence-corrected chi connectivity index (χ4v) is 2.85. The highest BCUT2D eigenvalue weighted by Crippen LogP contribution is 2.26. The molecule has 2 heterocycles. The van der Waals surface area contributed by atoms with Crippen LogP contribution in [0.15, 0.2) is 65.5 Å². The lowest BCUT2D eigenvalue weighted by Crippen LogP contribution is -2.23. The Bertz CT molecular complexity index is 866. The molecule has 25 heavy (non-hydrogen) atoms. The summed E-state index contributed by atoms with van der Waals surface area (Å²) in [6.45, 7) is 2.48. The largest absolute Gasteiger partial charge is 0.353 e.